The summed E-state index contributed by atoms with van der Waals surface area (Å²) in [6.45, 7) is 3.17. The van der Waals surface area contributed by atoms with E-state index in [0.29, 0.717) is 0 Å². The summed E-state index contributed by atoms with van der Waals surface area (Å²) in [5.74, 6) is -0.0938. The standard InChI is InChI=1S/C5H9NO2S.Na/c1-5(2,3-6)4-9(7)8;/h4H2,1-2H3,(H,7,8);/q;+1/p-1. The summed E-state index contributed by atoms with van der Waals surface area (Å²) in [4.78, 5) is 0. The molecule has 0 aliphatic rings. The molecule has 10 heavy (non-hydrogen) atoms. The average Bonchev–Trinajstić information content (AvgIpc) is 1.63. The molecule has 0 spiro atoms. The van der Waals surface area contributed by atoms with E-state index in [1.54, 1.807) is 13.8 Å². The normalized spacial score (nSPS) is 13.0. The number of nitriles is 1. The van der Waals surface area contributed by atoms with Crippen LogP contribution in [0.1, 0.15) is 13.8 Å². The van der Waals surface area contributed by atoms with Gasteiger partial charge in [0.25, 0.3) is 0 Å². The van der Waals surface area contributed by atoms with Crippen molar-refractivity contribution < 1.29 is 38.3 Å². The molecular formula is C5H8NNaO2S. The van der Waals surface area contributed by atoms with Crippen LogP contribution in [0.2, 0.25) is 0 Å². The van der Waals surface area contributed by atoms with Crippen molar-refractivity contribution in [2.24, 2.45) is 5.41 Å². The maximum absolute atomic E-state index is 10.0. The smallest absolute Gasteiger partial charge is 0.772 e. The van der Waals surface area contributed by atoms with Crippen LogP contribution >= 0.6 is 0 Å². The van der Waals surface area contributed by atoms with Crippen LogP contribution in [-0.2, 0) is 11.1 Å². The van der Waals surface area contributed by atoms with E-state index in [0.717, 1.165) is 0 Å². The molecule has 1 atom stereocenters. The molecule has 52 valence electrons. The minimum Gasteiger partial charge on any atom is -0.772 e. The Balaban J connectivity index is 0. The summed E-state index contributed by atoms with van der Waals surface area (Å²) >= 11 is -2.11. The van der Waals surface area contributed by atoms with Crippen LogP contribution in [0.5, 0.6) is 0 Å². The van der Waals surface area contributed by atoms with Crippen molar-refractivity contribution in [1.82, 2.24) is 0 Å². The monoisotopic (exact) mass is 169 g/mol. The van der Waals surface area contributed by atoms with Crippen LogP contribution in [0.15, 0.2) is 0 Å². The maximum atomic E-state index is 10.0. The van der Waals surface area contributed by atoms with Gasteiger partial charge in [0.05, 0.1) is 11.5 Å². The van der Waals surface area contributed by atoms with Gasteiger partial charge in [-0.05, 0) is 13.8 Å². The first-order valence-corrected chi connectivity index (χ1v) is 3.69. The number of hydrogen-bond acceptors (Lipinski definition) is 3. The Hall–Kier alpha value is 0.600. The van der Waals surface area contributed by atoms with Crippen molar-refractivity contribution in [2.45, 2.75) is 13.8 Å². The zero-order valence-electron chi connectivity index (χ0n) is 6.38. The van der Waals surface area contributed by atoms with Gasteiger partial charge >= 0.3 is 29.6 Å². The van der Waals surface area contributed by atoms with Gasteiger partial charge in [-0.15, -0.1) is 0 Å². The molecule has 0 saturated carbocycles. The van der Waals surface area contributed by atoms with Gasteiger partial charge in [-0.3, -0.25) is 4.21 Å². The van der Waals surface area contributed by atoms with Crippen molar-refractivity contribution in [3.05, 3.63) is 0 Å². The van der Waals surface area contributed by atoms with Crippen molar-refractivity contribution >= 4 is 11.1 Å². The Morgan fingerprint density at radius 1 is 1.70 bits per heavy atom. The minimum absolute atomic E-state index is 0. The van der Waals surface area contributed by atoms with E-state index in [2.05, 4.69) is 0 Å². The molecule has 0 radical (unpaired) electrons. The molecule has 0 rings (SSSR count). The molecule has 0 aliphatic heterocycles. The Bertz CT molecular complexity index is 164. The number of hydrogen-bond donors (Lipinski definition) is 0. The van der Waals surface area contributed by atoms with Crippen molar-refractivity contribution in [1.29, 1.82) is 5.26 Å². The van der Waals surface area contributed by atoms with E-state index in [9.17, 15) is 8.76 Å². The summed E-state index contributed by atoms with van der Waals surface area (Å²) < 4.78 is 20.0. The second-order valence-corrected chi connectivity index (χ2v) is 3.34. The van der Waals surface area contributed by atoms with E-state index < -0.39 is 16.5 Å². The molecule has 0 aromatic heterocycles. The largest absolute Gasteiger partial charge is 1.00 e. The summed E-state index contributed by atoms with van der Waals surface area (Å²) in [7, 11) is 0. The third-order valence-corrected chi connectivity index (χ3v) is 1.74. The average molecular weight is 169 g/mol. The molecule has 5 heteroatoms. The van der Waals surface area contributed by atoms with Crippen LogP contribution in [0.3, 0.4) is 0 Å². The summed E-state index contributed by atoms with van der Waals surface area (Å²) in [5, 5.41) is 8.32. The Morgan fingerprint density at radius 3 is 2.20 bits per heavy atom. The minimum atomic E-state index is -2.11. The molecule has 0 aromatic carbocycles. The third-order valence-electron chi connectivity index (χ3n) is 0.781. The molecule has 0 amide bonds. The fourth-order valence-corrected chi connectivity index (χ4v) is 0.981. The zero-order chi connectivity index (χ0) is 7.49. The molecule has 0 aliphatic carbocycles. The van der Waals surface area contributed by atoms with E-state index >= 15 is 0 Å². The molecule has 0 aromatic rings. The topological polar surface area (TPSA) is 63.9 Å². The van der Waals surface area contributed by atoms with Crippen LogP contribution in [0, 0.1) is 16.7 Å². The van der Waals surface area contributed by atoms with Gasteiger partial charge < -0.3 is 4.55 Å². The number of nitrogens with zero attached hydrogens (tertiary/aromatic N) is 1. The van der Waals surface area contributed by atoms with Crippen molar-refractivity contribution in [3.8, 4) is 6.07 Å². The molecule has 0 saturated heterocycles. The van der Waals surface area contributed by atoms with Gasteiger partial charge in [0.1, 0.15) is 0 Å². The summed E-state index contributed by atoms with van der Waals surface area (Å²) in [6, 6.07) is 1.88. The van der Waals surface area contributed by atoms with E-state index in [-0.39, 0.29) is 35.3 Å². The summed E-state index contributed by atoms with van der Waals surface area (Å²) in [5.41, 5.74) is -0.743. The first-order valence-electron chi connectivity index (χ1n) is 2.45. The van der Waals surface area contributed by atoms with Crippen LogP contribution in [-0.4, -0.2) is 14.5 Å². The first kappa shape index (κ1) is 13.2. The molecule has 0 fully saturated rings. The molecule has 3 nitrogen and oxygen atoms in total. The Morgan fingerprint density at radius 2 is 2.10 bits per heavy atom. The van der Waals surface area contributed by atoms with Gasteiger partial charge in [0.2, 0.25) is 0 Å². The summed E-state index contributed by atoms with van der Waals surface area (Å²) in [6.07, 6.45) is 0. The molecule has 1 unspecified atom stereocenters. The van der Waals surface area contributed by atoms with Crippen molar-refractivity contribution in [3.63, 3.8) is 0 Å². The van der Waals surface area contributed by atoms with E-state index in [4.69, 9.17) is 5.26 Å². The second-order valence-electron chi connectivity index (χ2n) is 2.44. The molecule has 0 N–H and O–H groups in total. The molecule has 0 bridgehead atoms. The van der Waals surface area contributed by atoms with Gasteiger partial charge in [-0.2, -0.15) is 5.26 Å². The van der Waals surface area contributed by atoms with E-state index in [1.807, 2.05) is 6.07 Å². The van der Waals surface area contributed by atoms with Crippen LogP contribution in [0.25, 0.3) is 0 Å². The first-order chi connectivity index (χ1) is 3.98. The third kappa shape index (κ3) is 6.72. The Labute approximate surface area is 85.4 Å². The fourth-order valence-electron chi connectivity index (χ4n) is 0.327. The number of rotatable bonds is 2. The SMILES string of the molecule is CC(C)(C#N)CS(=O)[O-].[Na+]. The molecule has 0 heterocycles. The second kappa shape index (κ2) is 5.28. The zero-order valence-corrected chi connectivity index (χ0v) is 9.20. The van der Waals surface area contributed by atoms with Crippen LogP contribution < -0.4 is 29.6 Å². The van der Waals surface area contributed by atoms with Gasteiger partial charge in [0.15, 0.2) is 0 Å². The fraction of sp³-hybridized carbons (Fsp3) is 0.800. The van der Waals surface area contributed by atoms with E-state index in [1.165, 1.54) is 0 Å². The maximum Gasteiger partial charge on any atom is 1.00 e. The van der Waals surface area contributed by atoms with Gasteiger partial charge in [0, 0.05) is 5.75 Å². The van der Waals surface area contributed by atoms with Gasteiger partial charge in [-0.25, -0.2) is 0 Å². The van der Waals surface area contributed by atoms with Crippen LogP contribution in [0.4, 0.5) is 0 Å². The predicted molar refractivity (Wildman–Crippen MR) is 33.2 cm³/mol. The Kier molecular flexibility index (Phi) is 6.97. The van der Waals surface area contributed by atoms with Gasteiger partial charge in [-0.1, -0.05) is 11.1 Å². The quantitative estimate of drug-likeness (QED) is 0.337. The predicted octanol–water partition coefficient (Wildman–Crippen LogP) is -2.58. The molecular weight excluding hydrogens is 161 g/mol. The van der Waals surface area contributed by atoms with Crippen molar-refractivity contribution in [2.75, 3.05) is 5.75 Å².